The Bertz CT molecular complexity index is 1000. The van der Waals surface area contributed by atoms with Crippen LogP contribution in [0.15, 0.2) is 78.2 Å². The molecule has 0 unspecified atom stereocenters. The fourth-order valence-electron chi connectivity index (χ4n) is 2.91. The molecule has 122 valence electrons. The zero-order valence-corrected chi connectivity index (χ0v) is 14.5. The van der Waals surface area contributed by atoms with Gasteiger partial charge < -0.3 is 0 Å². The average molecular weight is 344 g/mol. The van der Waals surface area contributed by atoms with E-state index in [1.807, 2.05) is 89.8 Å². The van der Waals surface area contributed by atoms with Gasteiger partial charge in [0.2, 0.25) is 0 Å². The van der Waals surface area contributed by atoms with Crippen LogP contribution < -0.4 is 0 Å². The van der Waals surface area contributed by atoms with Gasteiger partial charge in [0.05, 0.1) is 21.8 Å². The van der Waals surface area contributed by atoms with E-state index in [2.05, 4.69) is 0 Å². The van der Waals surface area contributed by atoms with Gasteiger partial charge in [0.15, 0.2) is 5.78 Å². The summed E-state index contributed by atoms with van der Waals surface area (Å²) in [4.78, 5) is 14.2. The summed E-state index contributed by atoms with van der Waals surface area (Å²) in [5.41, 5.74) is 3.88. The summed E-state index contributed by atoms with van der Waals surface area (Å²) in [5.74, 6) is 0.00341. The molecule has 2 heterocycles. The summed E-state index contributed by atoms with van der Waals surface area (Å²) in [7, 11) is 0. The number of aromatic nitrogens is 2. The summed E-state index contributed by atoms with van der Waals surface area (Å²) in [6.45, 7) is 1.95. The Labute approximate surface area is 150 Å². The maximum atomic E-state index is 13.2. The van der Waals surface area contributed by atoms with Crippen LogP contribution in [0.25, 0.3) is 16.3 Å². The average Bonchev–Trinajstić information content (AvgIpc) is 3.30. The number of hydrogen-bond acceptors (Lipinski definition) is 3. The molecular weight excluding hydrogens is 328 g/mol. The van der Waals surface area contributed by atoms with Crippen LogP contribution >= 0.6 is 11.3 Å². The first-order chi connectivity index (χ1) is 12.3. The van der Waals surface area contributed by atoms with E-state index >= 15 is 0 Å². The number of benzene rings is 2. The number of carbonyl (C=O) groups is 1. The van der Waals surface area contributed by atoms with E-state index in [1.165, 1.54) is 0 Å². The zero-order chi connectivity index (χ0) is 17.2. The van der Waals surface area contributed by atoms with Crippen molar-refractivity contribution in [1.82, 2.24) is 9.78 Å². The molecule has 0 aliphatic carbocycles. The first-order valence-corrected chi connectivity index (χ1v) is 8.92. The quantitative estimate of drug-likeness (QED) is 0.480. The van der Waals surface area contributed by atoms with E-state index in [4.69, 9.17) is 5.10 Å². The molecule has 0 saturated carbocycles. The molecule has 0 radical (unpaired) electrons. The van der Waals surface area contributed by atoms with Gasteiger partial charge in [-0.1, -0.05) is 54.6 Å². The summed E-state index contributed by atoms with van der Waals surface area (Å²) in [5, 5.41) is 6.78. The maximum Gasteiger partial charge on any atom is 0.197 e. The number of carbonyl (C=O) groups excluding carboxylic acids is 1. The highest BCUT2D eigenvalue weighted by molar-refractivity contribution is 7.13. The molecule has 0 saturated heterocycles. The van der Waals surface area contributed by atoms with Crippen LogP contribution in [0.5, 0.6) is 0 Å². The normalized spacial score (nSPS) is 10.8. The van der Waals surface area contributed by atoms with Crippen molar-refractivity contribution in [2.75, 3.05) is 0 Å². The Balaban J connectivity index is 1.93. The van der Waals surface area contributed by atoms with E-state index in [1.54, 1.807) is 11.3 Å². The molecule has 0 bridgehead atoms. The van der Waals surface area contributed by atoms with Crippen molar-refractivity contribution in [3.63, 3.8) is 0 Å². The lowest BCUT2D eigenvalue weighted by Gasteiger charge is -2.05. The fraction of sp³-hybridized carbons (Fsp3) is 0.0476. The maximum absolute atomic E-state index is 13.2. The Hall–Kier alpha value is -2.98. The van der Waals surface area contributed by atoms with Crippen molar-refractivity contribution in [1.29, 1.82) is 0 Å². The van der Waals surface area contributed by atoms with Crippen LogP contribution in [0.3, 0.4) is 0 Å². The van der Waals surface area contributed by atoms with Crippen molar-refractivity contribution in [2.24, 2.45) is 0 Å². The van der Waals surface area contributed by atoms with Crippen LogP contribution in [0.1, 0.15) is 21.6 Å². The lowest BCUT2D eigenvalue weighted by Crippen LogP contribution is -2.05. The van der Waals surface area contributed by atoms with Gasteiger partial charge in [0, 0.05) is 5.56 Å². The lowest BCUT2D eigenvalue weighted by atomic mass is 10.0. The highest BCUT2D eigenvalue weighted by Gasteiger charge is 2.24. The third-order valence-corrected chi connectivity index (χ3v) is 5.01. The Morgan fingerprint density at radius 3 is 2.24 bits per heavy atom. The molecule has 25 heavy (non-hydrogen) atoms. The van der Waals surface area contributed by atoms with E-state index in [0.29, 0.717) is 11.1 Å². The van der Waals surface area contributed by atoms with Gasteiger partial charge in [-0.15, -0.1) is 11.3 Å². The largest absolute Gasteiger partial charge is 0.288 e. The van der Waals surface area contributed by atoms with Crippen LogP contribution in [0.2, 0.25) is 0 Å². The molecule has 4 rings (SSSR count). The molecule has 2 aromatic heterocycles. The second-order valence-electron chi connectivity index (χ2n) is 5.73. The van der Waals surface area contributed by atoms with Crippen molar-refractivity contribution in [3.05, 3.63) is 95.0 Å². The first-order valence-electron chi connectivity index (χ1n) is 8.04. The van der Waals surface area contributed by atoms with Gasteiger partial charge in [-0.05, 0) is 30.5 Å². The zero-order valence-electron chi connectivity index (χ0n) is 13.7. The predicted molar refractivity (Wildman–Crippen MR) is 101 cm³/mol. The third-order valence-electron chi connectivity index (χ3n) is 4.13. The molecule has 0 atom stereocenters. The lowest BCUT2D eigenvalue weighted by molar-refractivity contribution is 0.103. The molecule has 0 amide bonds. The Kier molecular flexibility index (Phi) is 4.04. The topological polar surface area (TPSA) is 34.9 Å². The molecule has 0 N–H and O–H groups in total. The summed E-state index contributed by atoms with van der Waals surface area (Å²) >= 11 is 1.59. The number of nitrogens with zero attached hydrogens (tertiary/aromatic N) is 2. The summed E-state index contributed by atoms with van der Waals surface area (Å²) in [6.07, 6.45) is 0. The van der Waals surface area contributed by atoms with Crippen molar-refractivity contribution < 1.29 is 4.79 Å². The minimum absolute atomic E-state index is 0.00341. The molecule has 4 aromatic rings. The predicted octanol–water partition coefficient (Wildman–Crippen LogP) is 5.14. The highest BCUT2D eigenvalue weighted by Crippen LogP contribution is 2.32. The summed E-state index contributed by atoms with van der Waals surface area (Å²) in [6, 6.07) is 23.3. The van der Waals surface area contributed by atoms with Gasteiger partial charge >= 0.3 is 0 Å². The summed E-state index contributed by atoms with van der Waals surface area (Å²) < 4.78 is 1.85. The van der Waals surface area contributed by atoms with Gasteiger partial charge in [0.1, 0.15) is 5.69 Å². The van der Waals surface area contributed by atoms with Gasteiger partial charge in [-0.25, -0.2) is 4.68 Å². The van der Waals surface area contributed by atoms with Gasteiger partial charge in [-0.2, -0.15) is 5.10 Å². The van der Waals surface area contributed by atoms with Crippen LogP contribution in [0.4, 0.5) is 0 Å². The van der Waals surface area contributed by atoms with Crippen molar-refractivity contribution >= 4 is 17.1 Å². The van der Waals surface area contributed by atoms with Gasteiger partial charge in [-0.3, -0.25) is 4.79 Å². The smallest absolute Gasteiger partial charge is 0.197 e. The second kappa shape index (κ2) is 6.49. The monoisotopic (exact) mass is 344 g/mol. The standard InChI is InChI=1S/C21H16N2OS/c1-15-19(21(24)16-9-4-2-5-10-16)20(18-13-8-14-25-18)22-23(15)17-11-6-3-7-12-17/h2-14H,1H3. The number of hydrogen-bond donors (Lipinski definition) is 0. The number of ketones is 1. The first kappa shape index (κ1) is 15.5. The SMILES string of the molecule is Cc1c(C(=O)c2ccccc2)c(-c2cccs2)nn1-c1ccccc1. The van der Waals surface area contributed by atoms with Crippen LogP contribution in [-0.4, -0.2) is 15.6 Å². The number of thiophene rings is 1. The minimum Gasteiger partial charge on any atom is -0.288 e. The van der Waals surface area contributed by atoms with Gasteiger partial charge in [0.25, 0.3) is 0 Å². The van der Waals surface area contributed by atoms with Crippen LogP contribution in [-0.2, 0) is 0 Å². The molecule has 0 fully saturated rings. The minimum atomic E-state index is 0.00341. The second-order valence-corrected chi connectivity index (χ2v) is 6.68. The van der Waals surface area contributed by atoms with E-state index in [0.717, 1.165) is 22.0 Å². The highest BCUT2D eigenvalue weighted by atomic mass is 32.1. The number of para-hydroxylation sites is 1. The molecular formula is C21H16N2OS. The van der Waals surface area contributed by atoms with Crippen LogP contribution in [0, 0.1) is 6.92 Å². The molecule has 3 nitrogen and oxygen atoms in total. The molecule has 0 spiro atoms. The molecule has 0 aliphatic rings. The van der Waals surface area contributed by atoms with Crippen molar-refractivity contribution in [3.8, 4) is 16.3 Å². The molecule has 2 aromatic carbocycles. The van der Waals surface area contributed by atoms with E-state index < -0.39 is 0 Å². The third kappa shape index (κ3) is 2.81. The fourth-order valence-corrected chi connectivity index (χ4v) is 3.63. The van der Waals surface area contributed by atoms with Crippen molar-refractivity contribution in [2.45, 2.75) is 6.92 Å². The van der Waals surface area contributed by atoms with E-state index in [9.17, 15) is 4.79 Å². The molecule has 0 aliphatic heterocycles. The molecule has 4 heteroatoms. The Morgan fingerprint density at radius 2 is 1.60 bits per heavy atom. The Morgan fingerprint density at radius 1 is 0.920 bits per heavy atom. The van der Waals surface area contributed by atoms with E-state index in [-0.39, 0.29) is 5.78 Å². The number of rotatable bonds is 4.